The van der Waals surface area contributed by atoms with Gasteiger partial charge in [-0.2, -0.15) is 0 Å². The van der Waals surface area contributed by atoms with E-state index < -0.39 is 12.1 Å². The van der Waals surface area contributed by atoms with Gasteiger partial charge in [0.2, 0.25) is 0 Å². The molecule has 0 aromatic heterocycles. The summed E-state index contributed by atoms with van der Waals surface area (Å²) in [6, 6.07) is 4.43. The minimum atomic E-state index is -0.575. The number of β-amino-alcohol motifs (C(OH)–C–C–N with tert-alkyl or cyclic N) is 1. The summed E-state index contributed by atoms with van der Waals surface area (Å²) in [6.45, 7) is 2.82. The number of amides is 2. The highest BCUT2D eigenvalue weighted by atomic mass is 35.5. The number of carbonyl (C=O) groups excluding carboxylic acids is 1. The molecule has 1 aromatic rings. The third kappa shape index (κ3) is 5.36. The molecule has 21 heavy (non-hydrogen) atoms. The van der Waals surface area contributed by atoms with Crippen LogP contribution in [0.15, 0.2) is 18.2 Å². The van der Waals surface area contributed by atoms with E-state index in [1.54, 1.807) is 18.2 Å². The minimum Gasteiger partial charge on any atom is -0.390 e. The van der Waals surface area contributed by atoms with E-state index in [1.807, 2.05) is 0 Å². The van der Waals surface area contributed by atoms with Gasteiger partial charge in [-0.15, -0.1) is 0 Å². The zero-order valence-electron chi connectivity index (χ0n) is 11.6. The van der Waals surface area contributed by atoms with Crippen molar-refractivity contribution in [2.75, 3.05) is 31.5 Å². The van der Waals surface area contributed by atoms with Gasteiger partial charge in [0, 0.05) is 18.1 Å². The van der Waals surface area contributed by atoms with Crippen LogP contribution in [0.3, 0.4) is 0 Å². The van der Waals surface area contributed by atoms with Crippen LogP contribution in [0.2, 0.25) is 10.0 Å². The summed E-state index contributed by atoms with van der Waals surface area (Å²) in [5.74, 6) is 0. The molecule has 0 bridgehead atoms. The van der Waals surface area contributed by atoms with Crippen molar-refractivity contribution in [3.63, 3.8) is 0 Å². The van der Waals surface area contributed by atoms with Crippen LogP contribution >= 0.6 is 23.2 Å². The topological polar surface area (TPSA) is 64.6 Å². The number of hydrogen-bond donors (Lipinski definition) is 3. The lowest BCUT2D eigenvalue weighted by Gasteiger charge is -2.19. The number of likely N-dealkylation sites (tertiary alicyclic amines) is 1. The second-order valence-corrected chi connectivity index (χ2v) is 5.96. The highest BCUT2D eigenvalue weighted by molar-refractivity contribution is 6.36. The van der Waals surface area contributed by atoms with Gasteiger partial charge in [0.1, 0.15) is 0 Å². The molecule has 0 spiro atoms. The molecule has 7 heteroatoms. The maximum Gasteiger partial charge on any atom is 0.319 e. The number of nitrogens with zero attached hydrogens (tertiary/aromatic N) is 1. The van der Waals surface area contributed by atoms with Crippen LogP contribution in [-0.2, 0) is 0 Å². The summed E-state index contributed by atoms with van der Waals surface area (Å²) < 4.78 is 0. The van der Waals surface area contributed by atoms with Crippen molar-refractivity contribution < 1.29 is 9.90 Å². The lowest BCUT2D eigenvalue weighted by Crippen LogP contribution is -2.40. The molecule has 2 rings (SSSR count). The van der Waals surface area contributed by atoms with E-state index in [0.29, 0.717) is 22.3 Å². The number of halogens is 2. The van der Waals surface area contributed by atoms with E-state index in [-0.39, 0.29) is 6.54 Å². The van der Waals surface area contributed by atoms with Gasteiger partial charge in [-0.25, -0.2) is 4.79 Å². The van der Waals surface area contributed by atoms with Crippen molar-refractivity contribution in [3.8, 4) is 0 Å². The van der Waals surface area contributed by atoms with Crippen LogP contribution in [0.25, 0.3) is 0 Å². The van der Waals surface area contributed by atoms with Gasteiger partial charge in [0.05, 0.1) is 16.8 Å². The van der Waals surface area contributed by atoms with Crippen LogP contribution in [-0.4, -0.2) is 48.3 Å². The van der Waals surface area contributed by atoms with Crippen molar-refractivity contribution in [3.05, 3.63) is 28.2 Å². The predicted molar refractivity (Wildman–Crippen MR) is 85.2 cm³/mol. The SMILES string of the molecule is O=C(NCC(O)CN1CCCC1)Nc1ccc(Cl)cc1Cl. The van der Waals surface area contributed by atoms with Gasteiger partial charge in [-0.05, 0) is 44.1 Å². The normalized spacial score (nSPS) is 16.7. The van der Waals surface area contributed by atoms with Gasteiger partial charge in [-0.1, -0.05) is 23.2 Å². The van der Waals surface area contributed by atoms with Crippen LogP contribution in [0, 0.1) is 0 Å². The first-order valence-electron chi connectivity index (χ1n) is 6.95. The second-order valence-electron chi connectivity index (χ2n) is 5.12. The Morgan fingerprint density at radius 3 is 2.71 bits per heavy atom. The van der Waals surface area contributed by atoms with Crippen molar-refractivity contribution in [1.82, 2.24) is 10.2 Å². The fraction of sp³-hybridized carbons (Fsp3) is 0.500. The molecule has 0 radical (unpaired) electrons. The van der Waals surface area contributed by atoms with Crippen LogP contribution in [0.5, 0.6) is 0 Å². The van der Waals surface area contributed by atoms with E-state index in [1.165, 1.54) is 12.8 Å². The van der Waals surface area contributed by atoms with E-state index in [9.17, 15) is 9.90 Å². The molecule has 1 fully saturated rings. The number of urea groups is 1. The molecule has 1 saturated heterocycles. The first-order valence-corrected chi connectivity index (χ1v) is 7.70. The summed E-state index contributed by atoms with van der Waals surface area (Å²) in [4.78, 5) is 13.9. The Kier molecular flexibility index (Phi) is 6.11. The molecule has 0 aliphatic carbocycles. The lowest BCUT2D eigenvalue weighted by atomic mass is 10.3. The molecule has 1 aromatic carbocycles. The van der Waals surface area contributed by atoms with Crippen LogP contribution in [0.4, 0.5) is 10.5 Å². The fourth-order valence-corrected chi connectivity index (χ4v) is 2.75. The Morgan fingerprint density at radius 2 is 2.05 bits per heavy atom. The molecule has 1 aliphatic heterocycles. The Morgan fingerprint density at radius 1 is 1.33 bits per heavy atom. The number of benzene rings is 1. The zero-order valence-corrected chi connectivity index (χ0v) is 13.1. The summed E-state index contributed by atoms with van der Waals surface area (Å²) >= 11 is 11.8. The van der Waals surface area contributed by atoms with E-state index >= 15 is 0 Å². The van der Waals surface area contributed by atoms with Gasteiger partial charge >= 0.3 is 6.03 Å². The molecule has 116 valence electrons. The molecule has 0 saturated carbocycles. The molecule has 1 aliphatic rings. The number of anilines is 1. The summed E-state index contributed by atoms with van der Waals surface area (Å²) in [7, 11) is 0. The smallest absolute Gasteiger partial charge is 0.319 e. The molecule has 5 nitrogen and oxygen atoms in total. The largest absolute Gasteiger partial charge is 0.390 e. The summed E-state index contributed by atoms with van der Waals surface area (Å²) in [6.07, 6.45) is 1.78. The van der Waals surface area contributed by atoms with Crippen molar-refractivity contribution >= 4 is 34.9 Å². The first kappa shape index (κ1) is 16.4. The van der Waals surface area contributed by atoms with Crippen molar-refractivity contribution in [2.24, 2.45) is 0 Å². The third-order valence-electron chi connectivity index (χ3n) is 3.35. The predicted octanol–water partition coefficient (Wildman–Crippen LogP) is 2.57. The number of carbonyl (C=O) groups is 1. The Bertz CT molecular complexity index is 493. The van der Waals surface area contributed by atoms with E-state index in [0.717, 1.165) is 13.1 Å². The van der Waals surface area contributed by atoms with Crippen molar-refractivity contribution in [2.45, 2.75) is 18.9 Å². The fourth-order valence-electron chi connectivity index (χ4n) is 2.30. The first-order chi connectivity index (χ1) is 10.0. The standard InChI is InChI=1S/C14H19Cl2N3O2/c15-10-3-4-13(12(16)7-10)18-14(21)17-8-11(20)9-19-5-1-2-6-19/h3-4,7,11,20H,1-2,5-6,8-9H2,(H2,17,18,21). The lowest BCUT2D eigenvalue weighted by molar-refractivity contribution is 0.125. The highest BCUT2D eigenvalue weighted by Gasteiger charge is 2.16. The van der Waals surface area contributed by atoms with Crippen LogP contribution < -0.4 is 10.6 Å². The molecule has 1 atom stereocenters. The van der Waals surface area contributed by atoms with Gasteiger partial charge in [0.25, 0.3) is 0 Å². The highest BCUT2D eigenvalue weighted by Crippen LogP contribution is 2.25. The Labute approximate surface area is 134 Å². The summed E-state index contributed by atoms with van der Waals surface area (Å²) in [5.41, 5.74) is 0.479. The average molecular weight is 332 g/mol. The molecule has 2 amide bonds. The van der Waals surface area contributed by atoms with Gasteiger partial charge in [-0.3, -0.25) is 0 Å². The number of hydrogen-bond acceptors (Lipinski definition) is 3. The van der Waals surface area contributed by atoms with Gasteiger partial charge < -0.3 is 20.6 Å². The number of aliphatic hydroxyl groups excluding tert-OH is 1. The quantitative estimate of drug-likeness (QED) is 0.776. The minimum absolute atomic E-state index is 0.202. The van der Waals surface area contributed by atoms with Gasteiger partial charge in [0.15, 0.2) is 0 Å². The summed E-state index contributed by atoms with van der Waals surface area (Å²) in [5, 5.41) is 16.0. The Balaban J connectivity index is 1.73. The zero-order chi connectivity index (χ0) is 15.2. The maximum absolute atomic E-state index is 11.8. The van der Waals surface area contributed by atoms with E-state index in [2.05, 4.69) is 15.5 Å². The average Bonchev–Trinajstić information content (AvgIpc) is 2.92. The molecular weight excluding hydrogens is 313 g/mol. The maximum atomic E-state index is 11.8. The number of nitrogens with one attached hydrogen (secondary N) is 2. The van der Waals surface area contributed by atoms with E-state index in [4.69, 9.17) is 23.2 Å². The number of rotatable bonds is 5. The number of aliphatic hydroxyl groups is 1. The third-order valence-corrected chi connectivity index (χ3v) is 3.89. The van der Waals surface area contributed by atoms with Crippen molar-refractivity contribution in [1.29, 1.82) is 0 Å². The van der Waals surface area contributed by atoms with Crippen LogP contribution in [0.1, 0.15) is 12.8 Å². The molecule has 3 N–H and O–H groups in total. The second kappa shape index (κ2) is 7.84. The molecule has 1 unspecified atom stereocenters. The monoisotopic (exact) mass is 331 g/mol. The molecular formula is C14H19Cl2N3O2. The Hall–Kier alpha value is -1.01. The molecule has 1 heterocycles.